The lowest BCUT2D eigenvalue weighted by Crippen LogP contribution is -1.94. The molecule has 0 radical (unpaired) electrons. The van der Waals surface area contributed by atoms with Gasteiger partial charge in [0.2, 0.25) is 0 Å². The van der Waals surface area contributed by atoms with E-state index in [1.807, 2.05) is 36.4 Å². The van der Waals surface area contributed by atoms with Crippen molar-refractivity contribution in [3.63, 3.8) is 0 Å². The fourth-order valence-corrected chi connectivity index (χ4v) is 2.25. The number of benzene rings is 1. The quantitative estimate of drug-likeness (QED) is 0.611. The number of cyclic esters (lactones) is 2. The monoisotopic (exact) mass is 270 g/mol. The Morgan fingerprint density at radius 3 is 1.45 bits per heavy atom. The summed E-state index contributed by atoms with van der Waals surface area (Å²) < 4.78 is 9.79. The predicted octanol–water partition coefficient (Wildman–Crippen LogP) is 2.35. The van der Waals surface area contributed by atoms with Crippen LogP contribution >= 0.6 is 0 Å². The first-order chi connectivity index (χ1) is 9.72. The molecule has 2 heterocycles. The van der Waals surface area contributed by atoms with Crippen molar-refractivity contribution in [3.05, 3.63) is 46.5 Å². The number of rotatable bonds is 2. The van der Waals surface area contributed by atoms with E-state index in [4.69, 9.17) is 9.47 Å². The van der Waals surface area contributed by atoms with Crippen LogP contribution in [-0.2, 0) is 19.1 Å². The molecular formula is C16H14O4. The maximum absolute atomic E-state index is 11.4. The molecule has 2 aliphatic rings. The first kappa shape index (κ1) is 12.7. The molecule has 0 atom stereocenters. The molecule has 0 spiro atoms. The minimum atomic E-state index is -0.232. The van der Waals surface area contributed by atoms with E-state index < -0.39 is 0 Å². The topological polar surface area (TPSA) is 52.6 Å². The highest BCUT2D eigenvalue weighted by Gasteiger charge is 2.19. The molecule has 0 amide bonds. The largest absolute Gasteiger partial charge is 0.462 e. The van der Waals surface area contributed by atoms with Gasteiger partial charge in [0, 0.05) is 24.0 Å². The molecular weight excluding hydrogens is 256 g/mol. The molecule has 4 nitrogen and oxygen atoms in total. The summed E-state index contributed by atoms with van der Waals surface area (Å²) in [6.45, 7) is 0.938. The van der Waals surface area contributed by atoms with Crippen molar-refractivity contribution in [1.82, 2.24) is 0 Å². The lowest BCUT2D eigenvalue weighted by molar-refractivity contribution is -0.135. The van der Waals surface area contributed by atoms with Gasteiger partial charge in [-0.05, 0) is 23.3 Å². The molecule has 2 saturated heterocycles. The van der Waals surface area contributed by atoms with E-state index in [0.29, 0.717) is 37.2 Å². The van der Waals surface area contributed by atoms with Gasteiger partial charge in [-0.15, -0.1) is 0 Å². The van der Waals surface area contributed by atoms with Crippen molar-refractivity contribution < 1.29 is 19.1 Å². The molecule has 2 fully saturated rings. The molecule has 0 N–H and O–H groups in total. The van der Waals surface area contributed by atoms with Crippen molar-refractivity contribution in [2.75, 3.05) is 13.2 Å². The maximum Gasteiger partial charge on any atom is 0.334 e. The summed E-state index contributed by atoms with van der Waals surface area (Å²) in [6.07, 6.45) is 5.01. The zero-order valence-corrected chi connectivity index (χ0v) is 10.9. The number of ether oxygens (including phenoxy) is 2. The van der Waals surface area contributed by atoms with Crippen molar-refractivity contribution in [2.45, 2.75) is 12.8 Å². The highest BCUT2D eigenvalue weighted by atomic mass is 16.5. The van der Waals surface area contributed by atoms with E-state index in [1.165, 1.54) is 0 Å². The fraction of sp³-hybridized carbons (Fsp3) is 0.250. The lowest BCUT2D eigenvalue weighted by atomic mass is 10.1. The van der Waals surface area contributed by atoms with Crippen molar-refractivity contribution in [1.29, 1.82) is 0 Å². The minimum Gasteiger partial charge on any atom is -0.462 e. The Labute approximate surface area is 116 Å². The highest BCUT2D eigenvalue weighted by molar-refractivity contribution is 5.96. The van der Waals surface area contributed by atoms with Crippen LogP contribution in [0.4, 0.5) is 0 Å². The molecule has 1 aromatic carbocycles. The number of esters is 2. The third-order valence-corrected chi connectivity index (χ3v) is 3.35. The molecule has 0 saturated carbocycles. The van der Waals surface area contributed by atoms with Crippen molar-refractivity contribution in [2.24, 2.45) is 0 Å². The summed E-state index contributed by atoms with van der Waals surface area (Å²) in [5.41, 5.74) is 3.32. The van der Waals surface area contributed by atoms with Gasteiger partial charge in [-0.1, -0.05) is 24.3 Å². The molecule has 3 rings (SSSR count). The van der Waals surface area contributed by atoms with Gasteiger partial charge in [0.25, 0.3) is 0 Å². The molecule has 0 aromatic heterocycles. The Balaban J connectivity index is 1.78. The van der Waals surface area contributed by atoms with Crippen LogP contribution in [0, 0.1) is 0 Å². The number of hydrogen-bond donors (Lipinski definition) is 0. The van der Waals surface area contributed by atoms with Crippen LogP contribution in [0.2, 0.25) is 0 Å². The first-order valence-corrected chi connectivity index (χ1v) is 6.58. The van der Waals surface area contributed by atoms with Crippen LogP contribution in [0.25, 0.3) is 12.2 Å². The van der Waals surface area contributed by atoms with Gasteiger partial charge in [0.1, 0.15) is 0 Å². The third-order valence-electron chi connectivity index (χ3n) is 3.35. The number of carbonyl (C=O) groups is 2. The van der Waals surface area contributed by atoms with Crippen LogP contribution in [-0.4, -0.2) is 25.2 Å². The first-order valence-electron chi connectivity index (χ1n) is 6.58. The maximum atomic E-state index is 11.4. The average Bonchev–Trinajstić information content (AvgIpc) is 3.02. The summed E-state index contributed by atoms with van der Waals surface area (Å²) in [5.74, 6) is -0.463. The van der Waals surface area contributed by atoms with Gasteiger partial charge in [-0.25, -0.2) is 9.59 Å². The van der Waals surface area contributed by atoms with Gasteiger partial charge >= 0.3 is 11.9 Å². The molecule has 20 heavy (non-hydrogen) atoms. The second-order valence-corrected chi connectivity index (χ2v) is 4.78. The Kier molecular flexibility index (Phi) is 3.37. The van der Waals surface area contributed by atoms with Gasteiger partial charge in [-0.2, -0.15) is 0 Å². The number of carbonyl (C=O) groups excluding carboxylic acids is 2. The van der Waals surface area contributed by atoms with Gasteiger partial charge < -0.3 is 9.47 Å². The zero-order valence-electron chi connectivity index (χ0n) is 10.9. The van der Waals surface area contributed by atoms with E-state index in [9.17, 15) is 9.59 Å². The molecule has 0 bridgehead atoms. The molecule has 0 aliphatic carbocycles. The van der Waals surface area contributed by atoms with E-state index in [2.05, 4.69) is 0 Å². The van der Waals surface area contributed by atoms with Crippen molar-refractivity contribution >= 4 is 24.1 Å². The standard InChI is InChI=1S/C16H14O4/c17-15-13(5-7-19-15)9-11-1-2-12(4-3-11)10-14-6-8-20-16(14)18/h1-4,9-10H,5-8H2/b13-9-,14-10+. The van der Waals surface area contributed by atoms with E-state index in [0.717, 1.165) is 11.1 Å². The van der Waals surface area contributed by atoms with Gasteiger partial charge in [0.15, 0.2) is 0 Å². The Morgan fingerprint density at radius 2 is 1.15 bits per heavy atom. The predicted molar refractivity (Wildman–Crippen MR) is 73.5 cm³/mol. The molecule has 4 heteroatoms. The Bertz CT molecular complexity index is 553. The summed E-state index contributed by atoms with van der Waals surface area (Å²) >= 11 is 0. The van der Waals surface area contributed by atoms with Gasteiger partial charge in [0.05, 0.1) is 13.2 Å². The Morgan fingerprint density at radius 1 is 0.750 bits per heavy atom. The highest BCUT2D eigenvalue weighted by Crippen LogP contribution is 2.20. The zero-order chi connectivity index (χ0) is 13.9. The normalized spacial score (nSPS) is 22.4. The summed E-state index contributed by atoms with van der Waals surface area (Å²) in [6, 6.07) is 7.69. The minimum absolute atomic E-state index is 0.232. The van der Waals surface area contributed by atoms with Crippen LogP contribution in [0.3, 0.4) is 0 Å². The third kappa shape index (κ3) is 2.64. The molecule has 1 aromatic rings. The summed E-state index contributed by atoms with van der Waals surface area (Å²) in [4.78, 5) is 22.7. The van der Waals surface area contributed by atoms with E-state index >= 15 is 0 Å². The summed E-state index contributed by atoms with van der Waals surface area (Å²) in [5, 5.41) is 0. The molecule has 2 aliphatic heterocycles. The lowest BCUT2D eigenvalue weighted by Gasteiger charge is -1.98. The SMILES string of the molecule is O=C1OCC/C1=C/c1ccc(/C=C2\CCOC2=O)cc1. The molecule has 102 valence electrons. The second kappa shape index (κ2) is 5.33. The molecule has 0 unspecified atom stereocenters. The van der Waals surface area contributed by atoms with Crippen LogP contribution in [0.15, 0.2) is 35.4 Å². The van der Waals surface area contributed by atoms with Crippen LogP contribution in [0.5, 0.6) is 0 Å². The van der Waals surface area contributed by atoms with Crippen LogP contribution in [0.1, 0.15) is 24.0 Å². The van der Waals surface area contributed by atoms with Crippen molar-refractivity contribution in [3.8, 4) is 0 Å². The second-order valence-electron chi connectivity index (χ2n) is 4.78. The summed E-state index contributed by atoms with van der Waals surface area (Å²) in [7, 11) is 0. The van der Waals surface area contributed by atoms with Gasteiger partial charge in [-0.3, -0.25) is 0 Å². The van der Waals surface area contributed by atoms with E-state index in [-0.39, 0.29) is 11.9 Å². The Hall–Kier alpha value is -2.36. The fourth-order valence-electron chi connectivity index (χ4n) is 2.25. The van der Waals surface area contributed by atoms with Crippen LogP contribution < -0.4 is 0 Å². The van der Waals surface area contributed by atoms with E-state index in [1.54, 1.807) is 0 Å². The number of hydrogen-bond acceptors (Lipinski definition) is 4. The smallest absolute Gasteiger partial charge is 0.334 e. The average molecular weight is 270 g/mol.